The number of carbonyl (C=O) groups excluding carboxylic acids is 1. The van der Waals surface area contributed by atoms with Crippen LogP contribution in [0.1, 0.15) is 19.8 Å². The minimum atomic E-state index is -0.281. The van der Waals surface area contributed by atoms with Gasteiger partial charge >= 0.3 is 0 Å². The Labute approximate surface area is 94.6 Å². The van der Waals surface area contributed by atoms with Crippen molar-refractivity contribution in [2.45, 2.75) is 25.3 Å². The van der Waals surface area contributed by atoms with Gasteiger partial charge in [-0.2, -0.15) is 0 Å². The molecular weight excluding hydrogens is 212 g/mol. The van der Waals surface area contributed by atoms with Gasteiger partial charge in [-0.3, -0.25) is 4.79 Å². The first-order chi connectivity index (χ1) is 7.15. The van der Waals surface area contributed by atoms with E-state index in [0.717, 1.165) is 12.1 Å². The third-order valence-electron chi connectivity index (χ3n) is 2.57. The minimum absolute atomic E-state index is 0.0556. The van der Waals surface area contributed by atoms with Gasteiger partial charge in [0.1, 0.15) is 11.2 Å². The number of rotatable bonds is 3. The van der Waals surface area contributed by atoms with E-state index in [2.05, 4.69) is 10.6 Å². The lowest BCUT2D eigenvalue weighted by Crippen LogP contribution is -2.36. The first-order valence-electron chi connectivity index (χ1n) is 5.24. The van der Waals surface area contributed by atoms with E-state index in [1.807, 2.05) is 19.1 Å². The fraction of sp³-hybridized carbons (Fsp3) is 0.545. The molecule has 0 aromatic heterocycles. The van der Waals surface area contributed by atoms with Crippen LogP contribution in [0.15, 0.2) is 23.4 Å². The molecule has 1 fully saturated rings. The molecule has 0 aromatic rings. The fourth-order valence-corrected chi connectivity index (χ4v) is 1.84. The largest absolute Gasteiger partial charge is 0.362 e. The van der Waals surface area contributed by atoms with Crippen LogP contribution in [-0.2, 0) is 4.79 Å². The molecule has 2 rings (SSSR count). The first-order valence-corrected chi connectivity index (χ1v) is 5.68. The summed E-state index contributed by atoms with van der Waals surface area (Å²) in [6.45, 7) is 2.72. The minimum Gasteiger partial charge on any atom is -0.362 e. The number of halogens is 1. The number of alkyl halides is 1. The molecule has 15 heavy (non-hydrogen) atoms. The van der Waals surface area contributed by atoms with Crippen LogP contribution < -0.4 is 10.6 Å². The fourth-order valence-electron chi connectivity index (χ4n) is 1.52. The highest BCUT2D eigenvalue weighted by atomic mass is 35.5. The maximum atomic E-state index is 11.7. The quantitative estimate of drug-likeness (QED) is 0.566. The van der Waals surface area contributed by atoms with Gasteiger partial charge in [-0.25, -0.2) is 0 Å². The van der Waals surface area contributed by atoms with Crippen molar-refractivity contribution in [3.63, 3.8) is 0 Å². The van der Waals surface area contributed by atoms with Crippen LogP contribution in [0.3, 0.4) is 0 Å². The highest BCUT2D eigenvalue weighted by molar-refractivity contribution is 6.22. The van der Waals surface area contributed by atoms with Crippen molar-refractivity contribution in [2.75, 3.05) is 6.54 Å². The highest BCUT2D eigenvalue weighted by Gasteiger charge is 2.23. The molecule has 0 bridgehead atoms. The molecule has 1 saturated carbocycles. The van der Waals surface area contributed by atoms with Gasteiger partial charge in [0.05, 0.1) is 0 Å². The second kappa shape index (κ2) is 4.27. The Bertz CT molecular complexity index is 331. The van der Waals surface area contributed by atoms with Crippen molar-refractivity contribution in [3.05, 3.63) is 23.4 Å². The summed E-state index contributed by atoms with van der Waals surface area (Å²) < 4.78 is 0. The predicted octanol–water partition coefficient (Wildman–Crippen LogP) is 1.51. The lowest BCUT2D eigenvalue weighted by molar-refractivity contribution is -0.117. The van der Waals surface area contributed by atoms with Crippen LogP contribution in [-0.4, -0.2) is 18.0 Å². The molecule has 3 nitrogen and oxygen atoms in total. The van der Waals surface area contributed by atoms with E-state index in [9.17, 15) is 4.79 Å². The van der Waals surface area contributed by atoms with Gasteiger partial charge in [-0.1, -0.05) is 11.6 Å². The number of hydrogen-bond donors (Lipinski definition) is 2. The van der Waals surface area contributed by atoms with Gasteiger partial charge in [0.25, 0.3) is 5.91 Å². The summed E-state index contributed by atoms with van der Waals surface area (Å²) in [4.78, 5) is 11.7. The molecule has 0 radical (unpaired) electrons. The molecule has 2 aliphatic rings. The van der Waals surface area contributed by atoms with Crippen molar-refractivity contribution >= 4 is 17.5 Å². The normalized spacial score (nSPS) is 25.1. The second-order valence-electron chi connectivity index (χ2n) is 4.17. The maximum absolute atomic E-state index is 11.7. The van der Waals surface area contributed by atoms with Gasteiger partial charge in [0, 0.05) is 6.54 Å². The summed E-state index contributed by atoms with van der Waals surface area (Å²) in [5.41, 5.74) is 1.30. The van der Waals surface area contributed by atoms with Crippen LogP contribution in [0.25, 0.3) is 0 Å². The SMILES string of the molecule is CC1=CC(Cl)NC(C(=O)NCC2CC2)=C1. The molecule has 0 spiro atoms. The molecule has 0 aromatic carbocycles. The van der Waals surface area contributed by atoms with E-state index >= 15 is 0 Å². The number of hydrogen-bond acceptors (Lipinski definition) is 2. The van der Waals surface area contributed by atoms with Crippen molar-refractivity contribution in [1.29, 1.82) is 0 Å². The zero-order chi connectivity index (χ0) is 10.8. The van der Waals surface area contributed by atoms with Gasteiger partial charge in [0.15, 0.2) is 0 Å². The predicted molar refractivity (Wildman–Crippen MR) is 60.4 cm³/mol. The van der Waals surface area contributed by atoms with Gasteiger partial charge in [-0.05, 0) is 43.4 Å². The van der Waals surface area contributed by atoms with Crippen molar-refractivity contribution in [3.8, 4) is 0 Å². The van der Waals surface area contributed by atoms with E-state index in [1.165, 1.54) is 12.8 Å². The van der Waals surface area contributed by atoms with Gasteiger partial charge in [-0.15, -0.1) is 0 Å². The number of allylic oxidation sites excluding steroid dienone is 2. The number of carbonyl (C=O) groups is 1. The molecule has 82 valence electrons. The number of amides is 1. The first kappa shape index (κ1) is 10.6. The van der Waals surface area contributed by atoms with Crippen molar-refractivity contribution < 1.29 is 4.79 Å². The Morgan fingerprint density at radius 2 is 2.40 bits per heavy atom. The molecule has 1 aliphatic carbocycles. The molecule has 0 saturated heterocycles. The molecular formula is C11H15ClN2O. The zero-order valence-corrected chi connectivity index (χ0v) is 9.47. The smallest absolute Gasteiger partial charge is 0.267 e. The second-order valence-corrected chi connectivity index (χ2v) is 4.64. The Morgan fingerprint density at radius 1 is 1.67 bits per heavy atom. The van der Waals surface area contributed by atoms with Crippen LogP contribution in [0.2, 0.25) is 0 Å². The summed E-state index contributed by atoms with van der Waals surface area (Å²) in [6, 6.07) is 0. The molecule has 2 N–H and O–H groups in total. The molecule has 1 amide bonds. The summed E-state index contributed by atoms with van der Waals surface area (Å²) in [7, 11) is 0. The Balaban J connectivity index is 1.91. The lowest BCUT2D eigenvalue weighted by Gasteiger charge is -2.18. The van der Waals surface area contributed by atoms with Gasteiger partial charge in [0.2, 0.25) is 0 Å². The van der Waals surface area contributed by atoms with Crippen LogP contribution in [0.5, 0.6) is 0 Å². The lowest BCUT2D eigenvalue weighted by atomic mass is 10.1. The third kappa shape index (κ3) is 2.99. The topological polar surface area (TPSA) is 41.1 Å². The van der Waals surface area contributed by atoms with Crippen LogP contribution in [0, 0.1) is 5.92 Å². The highest BCUT2D eigenvalue weighted by Crippen LogP contribution is 2.27. The third-order valence-corrected chi connectivity index (χ3v) is 2.80. The maximum Gasteiger partial charge on any atom is 0.267 e. The van der Waals surface area contributed by atoms with Crippen molar-refractivity contribution in [2.24, 2.45) is 5.92 Å². The molecule has 1 unspecified atom stereocenters. The number of nitrogens with one attached hydrogen (secondary N) is 2. The molecule has 4 heteroatoms. The summed E-state index contributed by atoms with van der Waals surface area (Å²) in [5, 5.41) is 5.83. The van der Waals surface area contributed by atoms with Crippen molar-refractivity contribution in [1.82, 2.24) is 10.6 Å². The molecule has 1 aliphatic heterocycles. The van der Waals surface area contributed by atoms with Crippen LogP contribution >= 0.6 is 11.6 Å². The molecule has 1 heterocycles. The summed E-state index contributed by atoms with van der Waals surface area (Å²) in [5.74, 6) is 0.640. The number of dihydropyridines is 1. The average molecular weight is 227 g/mol. The zero-order valence-electron chi connectivity index (χ0n) is 8.72. The summed E-state index contributed by atoms with van der Waals surface area (Å²) >= 11 is 5.92. The van der Waals surface area contributed by atoms with E-state index in [0.29, 0.717) is 11.6 Å². The Morgan fingerprint density at radius 3 is 3.00 bits per heavy atom. The molecule has 1 atom stereocenters. The Kier molecular flexibility index (Phi) is 3.00. The summed E-state index contributed by atoms with van der Waals surface area (Å²) in [6.07, 6.45) is 6.17. The van der Waals surface area contributed by atoms with E-state index in [-0.39, 0.29) is 11.4 Å². The average Bonchev–Trinajstić information content (AvgIpc) is 2.96. The van der Waals surface area contributed by atoms with E-state index in [1.54, 1.807) is 0 Å². The van der Waals surface area contributed by atoms with Gasteiger partial charge < -0.3 is 10.6 Å². The Hall–Kier alpha value is -0.960. The van der Waals surface area contributed by atoms with Crippen LogP contribution in [0.4, 0.5) is 0 Å². The van der Waals surface area contributed by atoms with E-state index in [4.69, 9.17) is 11.6 Å². The monoisotopic (exact) mass is 226 g/mol. The standard InChI is InChI=1S/C11H15ClN2O/c1-7-4-9(14-10(12)5-7)11(15)13-6-8-2-3-8/h4-5,8,10,14H,2-3,6H2,1H3,(H,13,15). The van der Waals surface area contributed by atoms with E-state index < -0.39 is 0 Å².